The number of methoxy groups -OCH3 is 1. The van der Waals surface area contributed by atoms with Gasteiger partial charge in [0.1, 0.15) is 0 Å². The van der Waals surface area contributed by atoms with Crippen LogP contribution in [-0.4, -0.2) is 19.8 Å². The molecule has 1 aromatic rings. The first kappa shape index (κ1) is 15.1. The third kappa shape index (κ3) is 4.07. The van der Waals surface area contributed by atoms with Crippen LogP contribution in [0.4, 0.5) is 0 Å². The van der Waals surface area contributed by atoms with Crippen molar-refractivity contribution in [3.63, 3.8) is 0 Å². The average Bonchev–Trinajstić information content (AvgIpc) is 2.38. The summed E-state index contributed by atoms with van der Waals surface area (Å²) in [5.74, 6) is 1.42. The van der Waals surface area contributed by atoms with Crippen molar-refractivity contribution in [2.45, 2.75) is 39.8 Å². The van der Waals surface area contributed by atoms with Gasteiger partial charge in [0.2, 0.25) is 0 Å². The van der Waals surface area contributed by atoms with Crippen LogP contribution in [0.5, 0.6) is 11.5 Å². The maximum atomic E-state index is 6.23. The lowest BCUT2D eigenvalue weighted by molar-refractivity contribution is 0.310. The van der Waals surface area contributed by atoms with Crippen LogP contribution < -0.4 is 14.8 Å². The molecule has 0 saturated carbocycles. The molecule has 18 heavy (non-hydrogen) atoms. The standard InChI is InChI=1S/C14H22ClNO2/c1-5-10(3)16-9-11-7-14(18-6-2)13(17-4)8-12(11)15/h7-8,10,16H,5-6,9H2,1-4H3. The number of benzene rings is 1. The summed E-state index contributed by atoms with van der Waals surface area (Å²) in [6.07, 6.45) is 1.09. The molecule has 0 spiro atoms. The molecule has 1 aromatic carbocycles. The fraction of sp³-hybridized carbons (Fsp3) is 0.571. The van der Waals surface area contributed by atoms with E-state index in [0.717, 1.165) is 24.3 Å². The van der Waals surface area contributed by atoms with Crippen LogP contribution in [0.2, 0.25) is 5.02 Å². The Hall–Kier alpha value is -0.930. The summed E-state index contributed by atoms with van der Waals surface area (Å²) in [6.45, 7) is 7.60. The Morgan fingerprint density at radius 2 is 2.00 bits per heavy atom. The first-order chi connectivity index (χ1) is 8.62. The van der Waals surface area contributed by atoms with Crippen LogP contribution in [0.3, 0.4) is 0 Å². The van der Waals surface area contributed by atoms with E-state index < -0.39 is 0 Å². The number of halogens is 1. The zero-order chi connectivity index (χ0) is 13.5. The largest absolute Gasteiger partial charge is 0.493 e. The van der Waals surface area contributed by atoms with E-state index in [2.05, 4.69) is 19.2 Å². The second kappa shape index (κ2) is 7.49. The van der Waals surface area contributed by atoms with Gasteiger partial charge in [0, 0.05) is 23.7 Å². The summed E-state index contributed by atoms with van der Waals surface area (Å²) < 4.78 is 10.8. The predicted octanol–water partition coefficient (Wildman–Crippen LogP) is 3.64. The molecule has 0 amide bonds. The summed E-state index contributed by atoms with van der Waals surface area (Å²) in [4.78, 5) is 0. The molecular weight excluding hydrogens is 250 g/mol. The Balaban J connectivity index is 2.87. The van der Waals surface area contributed by atoms with Crippen LogP contribution in [0, 0.1) is 0 Å². The van der Waals surface area contributed by atoms with Crippen LogP contribution in [0.25, 0.3) is 0 Å². The van der Waals surface area contributed by atoms with Crippen molar-refractivity contribution in [1.82, 2.24) is 5.32 Å². The summed E-state index contributed by atoms with van der Waals surface area (Å²) in [6, 6.07) is 4.22. The molecule has 4 heteroatoms. The first-order valence-corrected chi connectivity index (χ1v) is 6.72. The van der Waals surface area contributed by atoms with Gasteiger partial charge in [0.25, 0.3) is 0 Å². The molecule has 1 rings (SSSR count). The minimum absolute atomic E-state index is 0.471. The number of hydrogen-bond donors (Lipinski definition) is 1. The van der Waals surface area contributed by atoms with Crippen LogP contribution in [0.1, 0.15) is 32.8 Å². The molecule has 102 valence electrons. The molecule has 1 unspecified atom stereocenters. The fourth-order valence-corrected chi connectivity index (χ4v) is 1.79. The smallest absolute Gasteiger partial charge is 0.162 e. The first-order valence-electron chi connectivity index (χ1n) is 6.34. The Labute approximate surface area is 114 Å². The highest BCUT2D eigenvalue weighted by molar-refractivity contribution is 6.31. The van der Waals surface area contributed by atoms with Crippen molar-refractivity contribution >= 4 is 11.6 Å². The predicted molar refractivity (Wildman–Crippen MR) is 75.8 cm³/mol. The van der Waals surface area contributed by atoms with Gasteiger partial charge in [0.05, 0.1) is 13.7 Å². The second-order valence-corrected chi connectivity index (χ2v) is 4.62. The van der Waals surface area contributed by atoms with Gasteiger partial charge in [-0.05, 0) is 31.9 Å². The van der Waals surface area contributed by atoms with Gasteiger partial charge in [-0.3, -0.25) is 0 Å². The number of rotatable bonds is 7. The van der Waals surface area contributed by atoms with E-state index in [1.165, 1.54) is 0 Å². The van der Waals surface area contributed by atoms with Crippen molar-refractivity contribution in [3.05, 3.63) is 22.7 Å². The molecule has 0 saturated heterocycles. The zero-order valence-corrected chi connectivity index (χ0v) is 12.3. The minimum Gasteiger partial charge on any atom is -0.493 e. The van der Waals surface area contributed by atoms with Gasteiger partial charge >= 0.3 is 0 Å². The van der Waals surface area contributed by atoms with Gasteiger partial charge in [-0.2, -0.15) is 0 Å². The quantitative estimate of drug-likeness (QED) is 0.821. The van der Waals surface area contributed by atoms with Gasteiger partial charge in [-0.25, -0.2) is 0 Å². The Kier molecular flexibility index (Phi) is 6.30. The highest BCUT2D eigenvalue weighted by Crippen LogP contribution is 2.33. The molecular formula is C14H22ClNO2. The molecule has 1 atom stereocenters. The molecule has 3 nitrogen and oxygen atoms in total. The monoisotopic (exact) mass is 271 g/mol. The van der Waals surface area contributed by atoms with E-state index in [-0.39, 0.29) is 0 Å². The molecule has 0 heterocycles. The topological polar surface area (TPSA) is 30.5 Å². The highest BCUT2D eigenvalue weighted by Gasteiger charge is 2.10. The molecule has 0 aromatic heterocycles. The molecule has 0 aliphatic carbocycles. The maximum absolute atomic E-state index is 6.23. The molecule has 0 fully saturated rings. The highest BCUT2D eigenvalue weighted by atomic mass is 35.5. The lowest BCUT2D eigenvalue weighted by Gasteiger charge is -2.15. The minimum atomic E-state index is 0.471. The number of hydrogen-bond acceptors (Lipinski definition) is 3. The Bertz CT molecular complexity index is 382. The zero-order valence-electron chi connectivity index (χ0n) is 11.5. The lowest BCUT2D eigenvalue weighted by Crippen LogP contribution is -2.24. The van der Waals surface area contributed by atoms with E-state index in [0.29, 0.717) is 23.4 Å². The summed E-state index contributed by atoms with van der Waals surface area (Å²) in [5, 5.41) is 4.12. The van der Waals surface area contributed by atoms with E-state index in [9.17, 15) is 0 Å². The van der Waals surface area contributed by atoms with Crippen molar-refractivity contribution in [1.29, 1.82) is 0 Å². The van der Waals surface area contributed by atoms with E-state index >= 15 is 0 Å². The maximum Gasteiger partial charge on any atom is 0.162 e. The molecule has 0 aliphatic heterocycles. The number of nitrogens with one attached hydrogen (secondary N) is 1. The van der Waals surface area contributed by atoms with Gasteiger partial charge in [0.15, 0.2) is 11.5 Å². The van der Waals surface area contributed by atoms with Crippen molar-refractivity contribution < 1.29 is 9.47 Å². The van der Waals surface area contributed by atoms with Gasteiger partial charge < -0.3 is 14.8 Å². The third-order valence-electron chi connectivity index (χ3n) is 2.89. The molecule has 0 aliphatic rings. The van der Waals surface area contributed by atoms with Crippen molar-refractivity contribution in [2.24, 2.45) is 0 Å². The Morgan fingerprint density at radius 3 is 2.56 bits per heavy atom. The summed E-state index contributed by atoms with van der Waals surface area (Å²) in [5.41, 5.74) is 1.03. The van der Waals surface area contributed by atoms with Crippen LogP contribution >= 0.6 is 11.6 Å². The SMILES string of the molecule is CCOc1cc(CNC(C)CC)c(Cl)cc1OC. The summed E-state index contributed by atoms with van der Waals surface area (Å²) in [7, 11) is 1.62. The molecule has 0 radical (unpaired) electrons. The second-order valence-electron chi connectivity index (χ2n) is 4.22. The average molecular weight is 272 g/mol. The van der Waals surface area contributed by atoms with Crippen LogP contribution in [-0.2, 0) is 6.54 Å². The fourth-order valence-electron chi connectivity index (χ4n) is 1.57. The van der Waals surface area contributed by atoms with E-state index in [4.69, 9.17) is 21.1 Å². The van der Waals surface area contributed by atoms with Crippen LogP contribution in [0.15, 0.2) is 12.1 Å². The third-order valence-corrected chi connectivity index (χ3v) is 3.24. The normalized spacial score (nSPS) is 12.3. The summed E-state index contributed by atoms with van der Waals surface area (Å²) >= 11 is 6.23. The van der Waals surface area contributed by atoms with E-state index in [1.54, 1.807) is 13.2 Å². The van der Waals surface area contributed by atoms with Crippen molar-refractivity contribution in [2.75, 3.05) is 13.7 Å². The lowest BCUT2D eigenvalue weighted by atomic mass is 10.1. The van der Waals surface area contributed by atoms with E-state index in [1.807, 2.05) is 13.0 Å². The van der Waals surface area contributed by atoms with Gasteiger partial charge in [-0.1, -0.05) is 18.5 Å². The molecule has 1 N–H and O–H groups in total. The number of ether oxygens (including phenoxy) is 2. The molecule has 0 bridgehead atoms. The van der Waals surface area contributed by atoms with Gasteiger partial charge in [-0.15, -0.1) is 0 Å². The Morgan fingerprint density at radius 1 is 1.28 bits per heavy atom. The van der Waals surface area contributed by atoms with Crippen molar-refractivity contribution in [3.8, 4) is 11.5 Å².